The normalized spacial score (nSPS) is 12.0. The number of methoxy groups -OCH3 is 2. The van der Waals surface area contributed by atoms with Crippen LogP contribution in [0.1, 0.15) is 11.1 Å². The fraction of sp³-hybridized carbons (Fsp3) is 0.417. The Balaban J connectivity index is 2.86. The van der Waals surface area contributed by atoms with Gasteiger partial charge in [0.25, 0.3) is 0 Å². The van der Waals surface area contributed by atoms with Gasteiger partial charge in [-0.15, -0.1) is 0 Å². The lowest BCUT2D eigenvalue weighted by atomic mass is 10.0. The van der Waals surface area contributed by atoms with Crippen LogP contribution in [0.25, 0.3) is 0 Å². The molecule has 0 fully saturated rings. The van der Waals surface area contributed by atoms with Gasteiger partial charge in [-0.25, -0.2) is 0 Å². The SMILES string of the molecule is COC(=O)[C@H](N)Cc1cc(C)ccc1OC. The molecule has 0 aliphatic heterocycles. The number of carbonyl (C=O) groups excluding carboxylic acids is 1. The summed E-state index contributed by atoms with van der Waals surface area (Å²) in [4.78, 5) is 11.2. The predicted octanol–water partition coefficient (Wildman–Crippen LogP) is 1.05. The molecule has 4 nitrogen and oxygen atoms in total. The fourth-order valence-electron chi connectivity index (χ4n) is 1.54. The van der Waals surface area contributed by atoms with Crippen LogP contribution in [0.5, 0.6) is 5.75 Å². The third-order valence-electron chi connectivity index (χ3n) is 2.38. The van der Waals surface area contributed by atoms with E-state index in [1.165, 1.54) is 7.11 Å². The van der Waals surface area contributed by atoms with Crippen molar-refractivity contribution in [2.45, 2.75) is 19.4 Å². The van der Waals surface area contributed by atoms with E-state index in [0.29, 0.717) is 6.42 Å². The molecule has 0 unspecified atom stereocenters. The lowest BCUT2D eigenvalue weighted by Crippen LogP contribution is -2.33. The van der Waals surface area contributed by atoms with E-state index in [2.05, 4.69) is 4.74 Å². The number of benzene rings is 1. The number of hydrogen-bond donors (Lipinski definition) is 1. The number of carbonyl (C=O) groups is 1. The molecule has 0 amide bonds. The summed E-state index contributed by atoms with van der Waals surface area (Å²) in [6.07, 6.45) is 0.414. The van der Waals surface area contributed by atoms with Crippen molar-refractivity contribution in [3.63, 3.8) is 0 Å². The molecule has 0 saturated heterocycles. The highest BCUT2D eigenvalue weighted by atomic mass is 16.5. The van der Waals surface area contributed by atoms with Crippen molar-refractivity contribution >= 4 is 5.97 Å². The second-order valence-corrected chi connectivity index (χ2v) is 3.65. The average molecular weight is 223 g/mol. The number of hydrogen-bond acceptors (Lipinski definition) is 4. The van der Waals surface area contributed by atoms with Gasteiger partial charge in [-0.3, -0.25) is 4.79 Å². The van der Waals surface area contributed by atoms with Gasteiger partial charge < -0.3 is 15.2 Å². The monoisotopic (exact) mass is 223 g/mol. The van der Waals surface area contributed by atoms with Crippen LogP contribution >= 0.6 is 0 Å². The first-order valence-corrected chi connectivity index (χ1v) is 5.05. The molecule has 0 aromatic heterocycles. The Morgan fingerprint density at radius 3 is 2.69 bits per heavy atom. The van der Waals surface area contributed by atoms with Gasteiger partial charge in [0.05, 0.1) is 14.2 Å². The average Bonchev–Trinajstić information content (AvgIpc) is 2.28. The maximum atomic E-state index is 11.2. The van der Waals surface area contributed by atoms with Crippen LogP contribution in [0, 0.1) is 6.92 Å². The maximum Gasteiger partial charge on any atom is 0.322 e. The molecule has 1 aromatic carbocycles. The summed E-state index contributed by atoms with van der Waals surface area (Å²) < 4.78 is 9.79. The highest BCUT2D eigenvalue weighted by molar-refractivity contribution is 5.75. The second kappa shape index (κ2) is 5.51. The van der Waals surface area contributed by atoms with Gasteiger partial charge in [-0.05, 0) is 18.6 Å². The Kier molecular flexibility index (Phi) is 4.31. The minimum absolute atomic E-state index is 0.413. The van der Waals surface area contributed by atoms with Crippen LogP contribution in [0.15, 0.2) is 18.2 Å². The number of rotatable bonds is 4. The first-order valence-electron chi connectivity index (χ1n) is 5.05. The molecule has 0 saturated carbocycles. The van der Waals surface area contributed by atoms with E-state index in [1.54, 1.807) is 7.11 Å². The number of ether oxygens (including phenoxy) is 2. The molecule has 16 heavy (non-hydrogen) atoms. The first-order chi connectivity index (χ1) is 7.58. The zero-order valence-electron chi connectivity index (χ0n) is 9.82. The first kappa shape index (κ1) is 12.5. The highest BCUT2D eigenvalue weighted by Gasteiger charge is 2.16. The third kappa shape index (κ3) is 2.97. The smallest absolute Gasteiger partial charge is 0.322 e. The number of nitrogens with two attached hydrogens (primary N) is 1. The quantitative estimate of drug-likeness (QED) is 0.775. The molecule has 0 aliphatic rings. The lowest BCUT2D eigenvalue weighted by molar-refractivity contribution is -0.142. The predicted molar refractivity (Wildman–Crippen MR) is 61.4 cm³/mol. The molecule has 0 spiro atoms. The summed E-state index contributed by atoms with van der Waals surface area (Å²) in [5, 5.41) is 0. The summed E-state index contributed by atoms with van der Waals surface area (Å²) in [7, 11) is 2.92. The number of aryl methyl sites for hydroxylation is 1. The standard InChI is InChI=1S/C12H17NO3/c1-8-4-5-11(15-2)9(6-8)7-10(13)12(14)16-3/h4-6,10H,7,13H2,1-3H3/t10-/m1/s1. The van der Waals surface area contributed by atoms with Crippen LogP contribution in [-0.2, 0) is 16.0 Å². The summed E-state index contributed by atoms with van der Waals surface area (Å²) in [5.41, 5.74) is 7.72. The molecule has 88 valence electrons. The van der Waals surface area contributed by atoms with Crippen molar-refractivity contribution in [2.24, 2.45) is 5.73 Å². The van der Waals surface area contributed by atoms with Crippen molar-refractivity contribution < 1.29 is 14.3 Å². The minimum Gasteiger partial charge on any atom is -0.496 e. The van der Waals surface area contributed by atoms with E-state index in [4.69, 9.17) is 10.5 Å². The molecule has 0 radical (unpaired) electrons. The van der Waals surface area contributed by atoms with Crippen molar-refractivity contribution in [2.75, 3.05) is 14.2 Å². The molecule has 4 heteroatoms. The van der Waals surface area contributed by atoms with Crippen molar-refractivity contribution in [1.29, 1.82) is 0 Å². The molecule has 1 aromatic rings. The summed E-state index contributed by atoms with van der Waals surface area (Å²) in [5.74, 6) is 0.327. The zero-order valence-corrected chi connectivity index (χ0v) is 9.82. The van der Waals surface area contributed by atoms with Crippen LogP contribution in [0.4, 0.5) is 0 Å². The van der Waals surface area contributed by atoms with E-state index in [1.807, 2.05) is 25.1 Å². The second-order valence-electron chi connectivity index (χ2n) is 3.65. The molecular formula is C12H17NO3. The Morgan fingerprint density at radius 2 is 2.12 bits per heavy atom. The fourth-order valence-corrected chi connectivity index (χ4v) is 1.54. The Morgan fingerprint density at radius 1 is 1.44 bits per heavy atom. The van der Waals surface area contributed by atoms with Gasteiger partial charge in [0.2, 0.25) is 0 Å². The Hall–Kier alpha value is -1.55. The zero-order chi connectivity index (χ0) is 12.1. The minimum atomic E-state index is -0.652. The summed E-state index contributed by atoms with van der Waals surface area (Å²) in [6, 6.07) is 5.13. The third-order valence-corrected chi connectivity index (χ3v) is 2.38. The van der Waals surface area contributed by atoms with Gasteiger partial charge >= 0.3 is 5.97 Å². The molecular weight excluding hydrogens is 206 g/mol. The van der Waals surface area contributed by atoms with Crippen LogP contribution in [0.2, 0.25) is 0 Å². The van der Waals surface area contributed by atoms with Gasteiger partial charge in [-0.1, -0.05) is 17.7 Å². The topological polar surface area (TPSA) is 61.5 Å². The van der Waals surface area contributed by atoms with E-state index >= 15 is 0 Å². The van der Waals surface area contributed by atoms with Crippen molar-refractivity contribution in [3.05, 3.63) is 29.3 Å². The summed E-state index contributed by atoms with van der Waals surface area (Å²) in [6.45, 7) is 1.98. The maximum absolute atomic E-state index is 11.2. The molecule has 0 bridgehead atoms. The molecule has 0 aliphatic carbocycles. The van der Waals surface area contributed by atoms with Crippen LogP contribution in [0.3, 0.4) is 0 Å². The highest BCUT2D eigenvalue weighted by Crippen LogP contribution is 2.20. The van der Waals surface area contributed by atoms with E-state index in [9.17, 15) is 4.79 Å². The molecule has 1 rings (SSSR count). The van der Waals surface area contributed by atoms with Crippen molar-refractivity contribution in [1.82, 2.24) is 0 Å². The van der Waals surface area contributed by atoms with Crippen molar-refractivity contribution in [3.8, 4) is 5.75 Å². The van der Waals surface area contributed by atoms with E-state index in [0.717, 1.165) is 16.9 Å². The van der Waals surface area contributed by atoms with E-state index < -0.39 is 12.0 Å². The largest absolute Gasteiger partial charge is 0.496 e. The molecule has 2 N–H and O–H groups in total. The van der Waals surface area contributed by atoms with Gasteiger partial charge in [0.1, 0.15) is 11.8 Å². The van der Waals surface area contributed by atoms with Gasteiger partial charge in [0, 0.05) is 6.42 Å². The van der Waals surface area contributed by atoms with E-state index in [-0.39, 0.29) is 0 Å². The Labute approximate surface area is 95.3 Å². The van der Waals surface area contributed by atoms with Crippen LogP contribution < -0.4 is 10.5 Å². The van der Waals surface area contributed by atoms with Gasteiger partial charge in [0.15, 0.2) is 0 Å². The number of esters is 1. The Bertz CT molecular complexity index is 377. The summed E-state index contributed by atoms with van der Waals surface area (Å²) >= 11 is 0. The van der Waals surface area contributed by atoms with Gasteiger partial charge in [-0.2, -0.15) is 0 Å². The molecule has 1 atom stereocenters. The van der Waals surface area contributed by atoms with Crippen LogP contribution in [-0.4, -0.2) is 26.2 Å². The molecule has 0 heterocycles. The lowest BCUT2D eigenvalue weighted by Gasteiger charge is -2.13.